The summed E-state index contributed by atoms with van der Waals surface area (Å²) in [6, 6.07) is 4.59. The fraction of sp³-hybridized carbons (Fsp3) is 0.444. The summed E-state index contributed by atoms with van der Waals surface area (Å²) >= 11 is 0. The molecule has 3 heterocycles. The Balaban J connectivity index is 1.68. The van der Waals surface area contributed by atoms with E-state index < -0.39 is 47.2 Å². The van der Waals surface area contributed by atoms with E-state index >= 15 is 0 Å². The Hall–Kier alpha value is -2.35. The first-order chi connectivity index (χ1) is 12.3. The Bertz CT molecular complexity index is 806. The summed E-state index contributed by atoms with van der Waals surface area (Å²) in [5.41, 5.74) is -1.69. The maximum absolute atomic E-state index is 13.0. The molecule has 5 nitrogen and oxygen atoms in total. The van der Waals surface area contributed by atoms with E-state index in [1.165, 1.54) is 17.0 Å². The van der Waals surface area contributed by atoms with E-state index in [0.717, 1.165) is 12.1 Å². The summed E-state index contributed by atoms with van der Waals surface area (Å²) < 4.78 is 49.9. The highest BCUT2D eigenvalue weighted by molar-refractivity contribution is 6.02. The number of ether oxygens (including phenoxy) is 2. The molecule has 8 heteroatoms. The number of carbonyl (C=O) groups is 2. The Morgan fingerprint density at radius 3 is 2.88 bits per heavy atom. The van der Waals surface area contributed by atoms with E-state index in [0.29, 0.717) is 0 Å². The van der Waals surface area contributed by atoms with E-state index in [1.807, 2.05) is 0 Å². The summed E-state index contributed by atoms with van der Waals surface area (Å²) in [4.78, 5) is 26.5. The van der Waals surface area contributed by atoms with Gasteiger partial charge in [0.1, 0.15) is 11.5 Å². The third kappa shape index (κ3) is 2.35. The number of fused-ring (bicyclic) bond motifs is 1. The maximum atomic E-state index is 13.0. The minimum Gasteiger partial charge on any atom is -0.466 e. The van der Waals surface area contributed by atoms with Gasteiger partial charge in [-0.05, 0) is 25.1 Å². The lowest BCUT2D eigenvalue weighted by Crippen LogP contribution is -2.40. The fourth-order valence-electron chi connectivity index (χ4n) is 4.07. The minimum absolute atomic E-state index is 0.0702. The van der Waals surface area contributed by atoms with Crippen LogP contribution in [-0.4, -0.2) is 36.7 Å². The van der Waals surface area contributed by atoms with Crippen LogP contribution in [0, 0.1) is 11.8 Å². The van der Waals surface area contributed by atoms with Crippen LogP contribution in [0.2, 0.25) is 0 Å². The third-order valence-electron chi connectivity index (χ3n) is 5.14. The van der Waals surface area contributed by atoms with Gasteiger partial charge in [0.15, 0.2) is 0 Å². The van der Waals surface area contributed by atoms with Crippen molar-refractivity contribution in [3.8, 4) is 0 Å². The highest BCUT2D eigenvalue weighted by Crippen LogP contribution is 2.53. The number of hydrogen-bond donors (Lipinski definition) is 0. The monoisotopic (exact) mass is 367 g/mol. The standard InChI is InChI=1S/C18H16F3NO4/c1-2-25-16(24)13-12-6-7-17(26-12)9-22(15(23)14(13)17)11-5-3-4-10(8-11)18(19,20)21/h3-8,12-14H,2,9H2,1H3/t12-,13+,14-,17+/m1/s1. The van der Waals surface area contributed by atoms with Gasteiger partial charge < -0.3 is 14.4 Å². The van der Waals surface area contributed by atoms with Crippen molar-refractivity contribution in [2.45, 2.75) is 24.8 Å². The summed E-state index contributed by atoms with van der Waals surface area (Å²) in [5, 5.41) is 0. The van der Waals surface area contributed by atoms with Crippen molar-refractivity contribution < 1.29 is 32.2 Å². The molecule has 3 aliphatic rings. The van der Waals surface area contributed by atoms with Gasteiger partial charge in [0.05, 0.1) is 30.7 Å². The molecule has 0 aromatic heterocycles. The fourth-order valence-corrected chi connectivity index (χ4v) is 4.07. The molecule has 1 aromatic carbocycles. The van der Waals surface area contributed by atoms with Crippen LogP contribution in [0.25, 0.3) is 0 Å². The van der Waals surface area contributed by atoms with Crippen LogP contribution in [0.1, 0.15) is 12.5 Å². The molecule has 1 aromatic rings. The van der Waals surface area contributed by atoms with Crippen LogP contribution in [0.4, 0.5) is 18.9 Å². The first kappa shape index (κ1) is 17.1. The number of alkyl halides is 3. The van der Waals surface area contributed by atoms with Crippen molar-refractivity contribution in [1.29, 1.82) is 0 Å². The maximum Gasteiger partial charge on any atom is 0.416 e. The number of hydrogen-bond acceptors (Lipinski definition) is 4. The zero-order valence-corrected chi connectivity index (χ0v) is 13.8. The lowest BCUT2D eigenvalue weighted by Gasteiger charge is -2.22. The molecule has 1 amide bonds. The van der Waals surface area contributed by atoms with Crippen LogP contribution in [-0.2, 0) is 25.2 Å². The molecular weight excluding hydrogens is 351 g/mol. The molecule has 0 radical (unpaired) electrons. The van der Waals surface area contributed by atoms with Crippen molar-refractivity contribution in [2.24, 2.45) is 11.8 Å². The molecule has 4 atom stereocenters. The molecule has 2 fully saturated rings. The number of nitrogens with zero attached hydrogens (tertiary/aromatic N) is 1. The van der Waals surface area contributed by atoms with Crippen LogP contribution < -0.4 is 4.90 Å². The lowest BCUT2D eigenvalue weighted by atomic mass is 9.77. The van der Waals surface area contributed by atoms with E-state index in [9.17, 15) is 22.8 Å². The quantitative estimate of drug-likeness (QED) is 0.609. The molecule has 2 saturated heterocycles. The predicted octanol–water partition coefficient (Wildman–Crippen LogP) is 2.55. The zero-order valence-electron chi connectivity index (χ0n) is 13.8. The third-order valence-corrected chi connectivity index (χ3v) is 5.14. The highest BCUT2D eigenvalue weighted by Gasteiger charge is 2.67. The van der Waals surface area contributed by atoms with Crippen molar-refractivity contribution in [3.05, 3.63) is 42.0 Å². The first-order valence-corrected chi connectivity index (χ1v) is 8.29. The number of esters is 1. The molecule has 1 spiro atoms. The molecule has 0 saturated carbocycles. The summed E-state index contributed by atoms with van der Waals surface area (Å²) in [6.07, 6.45) is -1.58. The minimum atomic E-state index is -4.50. The average Bonchev–Trinajstić information content (AvgIpc) is 3.23. The molecule has 4 rings (SSSR count). The van der Waals surface area contributed by atoms with Gasteiger partial charge in [0.25, 0.3) is 0 Å². The van der Waals surface area contributed by atoms with Crippen molar-refractivity contribution in [3.63, 3.8) is 0 Å². The number of amides is 1. The van der Waals surface area contributed by atoms with Crippen LogP contribution in [0.5, 0.6) is 0 Å². The van der Waals surface area contributed by atoms with Crippen LogP contribution >= 0.6 is 0 Å². The molecule has 26 heavy (non-hydrogen) atoms. The normalized spacial score (nSPS) is 32.2. The van der Waals surface area contributed by atoms with E-state index in [2.05, 4.69) is 0 Å². The lowest BCUT2D eigenvalue weighted by molar-refractivity contribution is -0.151. The molecule has 2 bridgehead atoms. The second kappa shape index (κ2) is 5.57. The zero-order chi connectivity index (χ0) is 18.7. The summed E-state index contributed by atoms with van der Waals surface area (Å²) in [5.74, 6) is -2.50. The topological polar surface area (TPSA) is 55.8 Å². The molecule has 0 aliphatic carbocycles. The van der Waals surface area contributed by atoms with Gasteiger partial charge in [-0.25, -0.2) is 0 Å². The average molecular weight is 367 g/mol. The van der Waals surface area contributed by atoms with Crippen molar-refractivity contribution in [2.75, 3.05) is 18.1 Å². The Labute approximate surface area is 147 Å². The van der Waals surface area contributed by atoms with Gasteiger partial charge >= 0.3 is 12.1 Å². The molecule has 0 unspecified atom stereocenters. The van der Waals surface area contributed by atoms with Crippen LogP contribution in [0.3, 0.4) is 0 Å². The Morgan fingerprint density at radius 2 is 2.19 bits per heavy atom. The van der Waals surface area contributed by atoms with Crippen molar-refractivity contribution >= 4 is 17.6 Å². The van der Waals surface area contributed by atoms with E-state index in [4.69, 9.17) is 9.47 Å². The van der Waals surface area contributed by atoms with Gasteiger partial charge in [-0.1, -0.05) is 18.2 Å². The second-order valence-corrected chi connectivity index (χ2v) is 6.62. The SMILES string of the molecule is CCOC(=O)[C@H]1[C@H]2C=C[C@@]3(CN(c4cccc(C(F)(F)F)c4)C(=O)[C@@H]13)O2. The molecule has 138 valence electrons. The highest BCUT2D eigenvalue weighted by atomic mass is 19.4. The smallest absolute Gasteiger partial charge is 0.416 e. The largest absolute Gasteiger partial charge is 0.466 e. The summed E-state index contributed by atoms with van der Waals surface area (Å²) in [7, 11) is 0. The predicted molar refractivity (Wildman–Crippen MR) is 84.2 cm³/mol. The van der Waals surface area contributed by atoms with Crippen molar-refractivity contribution in [1.82, 2.24) is 0 Å². The van der Waals surface area contributed by atoms with Gasteiger partial charge in [0.2, 0.25) is 5.91 Å². The Morgan fingerprint density at radius 1 is 1.42 bits per heavy atom. The number of rotatable bonds is 3. The molecular formula is C18H16F3NO4. The van der Waals surface area contributed by atoms with Gasteiger partial charge in [-0.15, -0.1) is 0 Å². The first-order valence-electron chi connectivity index (χ1n) is 8.29. The van der Waals surface area contributed by atoms with Gasteiger partial charge in [-0.2, -0.15) is 13.2 Å². The number of halogens is 3. The summed E-state index contributed by atoms with van der Waals surface area (Å²) in [6.45, 7) is 1.92. The van der Waals surface area contributed by atoms with E-state index in [-0.39, 0.29) is 18.8 Å². The van der Waals surface area contributed by atoms with Gasteiger partial charge in [-0.3, -0.25) is 9.59 Å². The van der Waals surface area contributed by atoms with E-state index in [1.54, 1.807) is 19.1 Å². The molecule has 0 N–H and O–H groups in total. The number of carbonyl (C=O) groups excluding carboxylic acids is 2. The Kier molecular flexibility index (Phi) is 3.66. The number of benzene rings is 1. The number of anilines is 1. The second-order valence-electron chi connectivity index (χ2n) is 6.62. The van der Waals surface area contributed by atoms with Gasteiger partial charge in [0, 0.05) is 5.69 Å². The van der Waals surface area contributed by atoms with Crippen LogP contribution in [0.15, 0.2) is 36.4 Å². The molecule has 3 aliphatic heterocycles.